The molecule has 2 unspecified atom stereocenters. The fourth-order valence-corrected chi connectivity index (χ4v) is 2.16. The van der Waals surface area contributed by atoms with Crippen molar-refractivity contribution < 1.29 is 4.74 Å². The number of rotatable bonds is 1. The van der Waals surface area contributed by atoms with Crippen molar-refractivity contribution in [1.82, 2.24) is 5.32 Å². The lowest BCUT2D eigenvalue weighted by Crippen LogP contribution is -2.37. The summed E-state index contributed by atoms with van der Waals surface area (Å²) in [7, 11) is 0. The Labute approximate surface area is 89.2 Å². The average molecular weight is 212 g/mol. The first kappa shape index (κ1) is 9.97. The predicted octanol–water partition coefficient (Wildman–Crippen LogP) is 2.52. The summed E-state index contributed by atoms with van der Waals surface area (Å²) in [6, 6.07) is 8.15. The molecule has 0 aromatic heterocycles. The van der Waals surface area contributed by atoms with Crippen molar-refractivity contribution in [2.24, 2.45) is 0 Å². The molecule has 1 saturated heterocycles. The topological polar surface area (TPSA) is 21.3 Å². The molecule has 0 radical (unpaired) electrons. The Bertz CT molecular complexity index is 342. The van der Waals surface area contributed by atoms with E-state index < -0.39 is 5.72 Å². The summed E-state index contributed by atoms with van der Waals surface area (Å²) in [5, 5.41) is 4.13. The molecule has 0 aliphatic carbocycles. The summed E-state index contributed by atoms with van der Waals surface area (Å²) < 4.78 is 5.72. The number of benzene rings is 1. The summed E-state index contributed by atoms with van der Waals surface area (Å²) in [4.78, 5) is 0. The minimum atomic E-state index is -0.433. The lowest BCUT2D eigenvalue weighted by Gasteiger charge is -2.25. The van der Waals surface area contributed by atoms with Crippen molar-refractivity contribution in [2.75, 3.05) is 6.61 Å². The first-order valence-electron chi connectivity index (χ1n) is 4.78. The standard InChI is InChI=1S/C11H14ClNO/c1-8-7-14-11(2,13-8)9-5-3-4-6-10(9)12/h3-6,8,13H,7H2,1-2H3. The van der Waals surface area contributed by atoms with Gasteiger partial charge in [-0.2, -0.15) is 0 Å². The van der Waals surface area contributed by atoms with Gasteiger partial charge in [0, 0.05) is 16.6 Å². The third-order valence-corrected chi connectivity index (χ3v) is 2.86. The number of nitrogens with one attached hydrogen (secondary N) is 1. The molecule has 0 amide bonds. The minimum absolute atomic E-state index is 0.372. The van der Waals surface area contributed by atoms with E-state index in [0.717, 1.165) is 17.2 Å². The van der Waals surface area contributed by atoms with Crippen LogP contribution in [-0.4, -0.2) is 12.6 Å². The summed E-state index contributed by atoms with van der Waals surface area (Å²) >= 11 is 6.12. The van der Waals surface area contributed by atoms with Gasteiger partial charge < -0.3 is 4.74 Å². The monoisotopic (exact) mass is 211 g/mol. The van der Waals surface area contributed by atoms with Gasteiger partial charge in [0.05, 0.1) is 6.61 Å². The molecule has 0 bridgehead atoms. The minimum Gasteiger partial charge on any atom is -0.355 e. The Balaban J connectivity index is 2.35. The van der Waals surface area contributed by atoms with Gasteiger partial charge in [-0.15, -0.1) is 0 Å². The largest absolute Gasteiger partial charge is 0.355 e. The van der Waals surface area contributed by atoms with Gasteiger partial charge in [0.1, 0.15) is 5.72 Å². The van der Waals surface area contributed by atoms with Crippen molar-refractivity contribution in [3.63, 3.8) is 0 Å². The van der Waals surface area contributed by atoms with E-state index in [9.17, 15) is 0 Å². The zero-order valence-electron chi connectivity index (χ0n) is 8.38. The van der Waals surface area contributed by atoms with Crippen LogP contribution in [0.15, 0.2) is 24.3 Å². The van der Waals surface area contributed by atoms with Crippen molar-refractivity contribution in [1.29, 1.82) is 0 Å². The first-order chi connectivity index (χ1) is 6.62. The molecule has 2 nitrogen and oxygen atoms in total. The molecule has 1 aromatic carbocycles. The van der Waals surface area contributed by atoms with Crippen LogP contribution in [0.4, 0.5) is 0 Å². The van der Waals surface area contributed by atoms with E-state index in [-0.39, 0.29) is 0 Å². The highest BCUT2D eigenvalue weighted by Crippen LogP contribution is 2.32. The second-order valence-corrected chi connectivity index (χ2v) is 4.28. The van der Waals surface area contributed by atoms with Crippen LogP contribution >= 0.6 is 11.6 Å². The Kier molecular flexibility index (Phi) is 2.52. The second kappa shape index (κ2) is 3.54. The highest BCUT2D eigenvalue weighted by Gasteiger charge is 2.36. The second-order valence-electron chi connectivity index (χ2n) is 3.87. The molecule has 76 valence electrons. The van der Waals surface area contributed by atoms with Crippen molar-refractivity contribution in [3.8, 4) is 0 Å². The van der Waals surface area contributed by atoms with Crippen molar-refractivity contribution >= 4 is 11.6 Å². The van der Waals surface area contributed by atoms with Crippen molar-refractivity contribution in [3.05, 3.63) is 34.9 Å². The van der Waals surface area contributed by atoms with Crippen LogP contribution in [0, 0.1) is 0 Å². The maximum Gasteiger partial charge on any atom is 0.144 e. The number of halogens is 1. The smallest absolute Gasteiger partial charge is 0.144 e. The van der Waals surface area contributed by atoms with E-state index in [2.05, 4.69) is 12.2 Å². The molecule has 1 aliphatic rings. The molecule has 2 rings (SSSR count). The zero-order chi connectivity index (χ0) is 10.2. The summed E-state index contributed by atoms with van der Waals surface area (Å²) in [6.45, 7) is 4.83. The maximum absolute atomic E-state index is 6.12. The molecule has 1 fully saturated rings. The molecule has 1 heterocycles. The summed E-state index contributed by atoms with van der Waals surface area (Å²) in [5.74, 6) is 0. The number of hydrogen-bond donors (Lipinski definition) is 1. The van der Waals surface area contributed by atoms with Gasteiger partial charge in [-0.05, 0) is 19.9 Å². The lowest BCUT2D eigenvalue weighted by atomic mass is 10.1. The average Bonchev–Trinajstić information content (AvgIpc) is 2.48. The fourth-order valence-electron chi connectivity index (χ4n) is 1.85. The SMILES string of the molecule is CC1COC(C)(c2ccccc2Cl)N1. The Morgan fingerprint density at radius 2 is 2.21 bits per heavy atom. The first-order valence-corrected chi connectivity index (χ1v) is 5.16. The highest BCUT2D eigenvalue weighted by atomic mass is 35.5. The molecule has 3 heteroatoms. The Morgan fingerprint density at radius 1 is 1.50 bits per heavy atom. The number of hydrogen-bond acceptors (Lipinski definition) is 2. The Hall–Kier alpha value is -0.570. The van der Waals surface area contributed by atoms with E-state index in [0.29, 0.717) is 6.04 Å². The maximum atomic E-state index is 6.12. The van der Waals surface area contributed by atoms with Crippen LogP contribution in [0.5, 0.6) is 0 Å². The van der Waals surface area contributed by atoms with Crippen LogP contribution in [0.2, 0.25) is 5.02 Å². The third-order valence-electron chi connectivity index (χ3n) is 2.53. The van der Waals surface area contributed by atoms with Gasteiger partial charge in [0.15, 0.2) is 0 Å². The molecule has 1 aliphatic heterocycles. The van der Waals surface area contributed by atoms with E-state index in [4.69, 9.17) is 16.3 Å². The number of ether oxygens (including phenoxy) is 1. The Morgan fingerprint density at radius 3 is 2.79 bits per heavy atom. The van der Waals surface area contributed by atoms with Crippen LogP contribution in [0.3, 0.4) is 0 Å². The van der Waals surface area contributed by atoms with Crippen LogP contribution in [0.25, 0.3) is 0 Å². The van der Waals surface area contributed by atoms with E-state index >= 15 is 0 Å². The van der Waals surface area contributed by atoms with Crippen LogP contribution < -0.4 is 5.32 Å². The molecular weight excluding hydrogens is 198 g/mol. The fraction of sp³-hybridized carbons (Fsp3) is 0.455. The van der Waals surface area contributed by atoms with Gasteiger partial charge >= 0.3 is 0 Å². The van der Waals surface area contributed by atoms with Gasteiger partial charge in [0.2, 0.25) is 0 Å². The van der Waals surface area contributed by atoms with Gasteiger partial charge in [-0.1, -0.05) is 29.8 Å². The molecular formula is C11H14ClNO. The van der Waals surface area contributed by atoms with E-state index in [1.807, 2.05) is 31.2 Å². The van der Waals surface area contributed by atoms with Gasteiger partial charge in [-0.25, -0.2) is 0 Å². The van der Waals surface area contributed by atoms with E-state index in [1.54, 1.807) is 0 Å². The molecule has 0 saturated carbocycles. The lowest BCUT2D eigenvalue weighted by molar-refractivity contribution is 0.00246. The normalized spacial score (nSPS) is 32.1. The quantitative estimate of drug-likeness (QED) is 0.771. The molecule has 14 heavy (non-hydrogen) atoms. The van der Waals surface area contributed by atoms with E-state index in [1.165, 1.54) is 0 Å². The zero-order valence-corrected chi connectivity index (χ0v) is 9.14. The van der Waals surface area contributed by atoms with Crippen LogP contribution in [0.1, 0.15) is 19.4 Å². The highest BCUT2D eigenvalue weighted by molar-refractivity contribution is 6.31. The molecule has 1 aromatic rings. The van der Waals surface area contributed by atoms with Crippen molar-refractivity contribution in [2.45, 2.75) is 25.6 Å². The summed E-state index contributed by atoms with van der Waals surface area (Å²) in [5.41, 5.74) is 0.573. The van der Waals surface area contributed by atoms with Crippen LogP contribution in [-0.2, 0) is 10.5 Å². The molecule has 2 atom stereocenters. The molecule has 0 spiro atoms. The third kappa shape index (κ3) is 1.65. The predicted molar refractivity (Wildman–Crippen MR) is 57.4 cm³/mol. The van der Waals surface area contributed by atoms with Gasteiger partial charge in [-0.3, -0.25) is 5.32 Å². The van der Waals surface area contributed by atoms with Gasteiger partial charge in [0.25, 0.3) is 0 Å². The summed E-state index contributed by atoms with van der Waals surface area (Å²) in [6.07, 6.45) is 0. The molecule has 1 N–H and O–H groups in total.